The maximum atomic E-state index is 14.0. The molecule has 124 valence electrons. The number of H-pyrrole nitrogens is 1. The Hall–Kier alpha value is -2.30. The van der Waals surface area contributed by atoms with Crippen LogP contribution in [-0.4, -0.2) is 9.97 Å². The lowest BCUT2D eigenvalue weighted by molar-refractivity contribution is 0.250. The molecule has 2 heterocycles. The van der Waals surface area contributed by atoms with Crippen LogP contribution < -0.4 is 4.74 Å². The zero-order valence-electron chi connectivity index (χ0n) is 14.2. The fraction of sp³-hybridized carbons (Fsp3) is 0.389. The molecule has 23 heavy (non-hydrogen) atoms. The van der Waals surface area contributed by atoms with E-state index >= 15 is 0 Å². The average molecular weight is 318 g/mol. The quantitative estimate of drug-likeness (QED) is 0.707. The molecule has 0 aliphatic heterocycles. The van der Waals surface area contributed by atoms with E-state index < -0.39 is 0 Å². The molecular formula is C18H23FN2O2. The number of oxazole rings is 1. The van der Waals surface area contributed by atoms with Crippen LogP contribution in [0.1, 0.15) is 51.0 Å². The first-order valence-corrected chi connectivity index (χ1v) is 7.89. The first kappa shape index (κ1) is 17.1. The van der Waals surface area contributed by atoms with Crippen molar-refractivity contribution in [1.29, 1.82) is 0 Å². The van der Waals surface area contributed by atoms with E-state index in [0.29, 0.717) is 17.6 Å². The number of aromatic amines is 1. The van der Waals surface area contributed by atoms with Crippen molar-refractivity contribution in [3.05, 3.63) is 47.6 Å². The lowest BCUT2D eigenvalue weighted by atomic mass is 10.1. The Kier molecular flexibility index (Phi) is 5.42. The molecule has 0 aliphatic rings. The number of halogens is 1. The van der Waals surface area contributed by atoms with Gasteiger partial charge in [-0.3, -0.25) is 0 Å². The number of nitrogens with zero attached hydrogens (tertiary/aromatic N) is 1. The molecule has 1 N–H and O–H groups in total. The maximum Gasteiger partial charge on any atom is 0.232 e. The molecule has 0 aliphatic carbocycles. The van der Waals surface area contributed by atoms with Gasteiger partial charge in [-0.1, -0.05) is 27.7 Å². The number of aryl methyl sites for hydroxylation is 1. The molecule has 0 unspecified atom stereocenters. The van der Waals surface area contributed by atoms with E-state index in [2.05, 4.69) is 23.8 Å². The standard InChI is InChI=1S/C16H17FN2O2.C2H6/c1-9(2)13-5-11-4-12(17)15(6-14(11)19-13)20-8-16-18-7-10(3)21-16;1-2/h4-7,9,19H,8H2,1-3H3;1-2H3. The van der Waals surface area contributed by atoms with Crippen LogP contribution in [0, 0.1) is 12.7 Å². The molecule has 1 aromatic carbocycles. The first-order chi connectivity index (χ1) is 11.0. The lowest BCUT2D eigenvalue weighted by Gasteiger charge is -2.05. The molecule has 0 spiro atoms. The first-order valence-electron chi connectivity index (χ1n) is 7.89. The highest BCUT2D eigenvalue weighted by Crippen LogP contribution is 2.28. The van der Waals surface area contributed by atoms with Gasteiger partial charge in [0.2, 0.25) is 5.89 Å². The Bertz CT molecular complexity index is 775. The van der Waals surface area contributed by atoms with Gasteiger partial charge in [0.25, 0.3) is 0 Å². The minimum absolute atomic E-state index is 0.105. The van der Waals surface area contributed by atoms with Crippen LogP contribution in [0.25, 0.3) is 10.9 Å². The van der Waals surface area contributed by atoms with E-state index in [4.69, 9.17) is 9.15 Å². The molecular weight excluding hydrogens is 295 g/mol. The summed E-state index contributed by atoms with van der Waals surface area (Å²) in [5, 5.41) is 0.843. The number of fused-ring (bicyclic) bond motifs is 1. The molecule has 0 saturated carbocycles. The average Bonchev–Trinajstić information content (AvgIpc) is 3.12. The molecule has 0 bridgehead atoms. The highest BCUT2D eigenvalue weighted by atomic mass is 19.1. The van der Waals surface area contributed by atoms with Gasteiger partial charge in [-0.2, -0.15) is 0 Å². The van der Waals surface area contributed by atoms with Crippen LogP contribution in [-0.2, 0) is 6.61 Å². The van der Waals surface area contributed by atoms with Crippen LogP contribution in [0.2, 0.25) is 0 Å². The number of rotatable bonds is 4. The fourth-order valence-corrected chi connectivity index (χ4v) is 2.18. The van der Waals surface area contributed by atoms with Crippen molar-refractivity contribution in [2.75, 3.05) is 0 Å². The Morgan fingerprint density at radius 1 is 1.26 bits per heavy atom. The summed E-state index contributed by atoms with van der Waals surface area (Å²) in [5.74, 6) is 1.30. The van der Waals surface area contributed by atoms with Gasteiger partial charge in [-0.15, -0.1) is 0 Å². The van der Waals surface area contributed by atoms with Crippen molar-refractivity contribution in [2.45, 2.75) is 47.1 Å². The number of nitrogens with one attached hydrogen (secondary N) is 1. The zero-order chi connectivity index (χ0) is 17.0. The van der Waals surface area contributed by atoms with Crippen LogP contribution in [0.4, 0.5) is 4.39 Å². The summed E-state index contributed by atoms with van der Waals surface area (Å²) in [6.45, 7) is 10.1. The van der Waals surface area contributed by atoms with Crippen molar-refractivity contribution < 1.29 is 13.5 Å². The molecule has 4 nitrogen and oxygen atoms in total. The van der Waals surface area contributed by atoms with Crippen LogP contribution in [0.15, 0.2) is 28.8 Å². The minimum atomic E-state index is -0.389. The summed E-state index contributed by atoms with van der Waals surface area (Å²) in [6.07, 6.45) is 1.61. The molecule has 0 fully saturated rings. The van der Waals surface area contributed by atoms with Gasteiger partial charge in [0.05, 0.1) is 6.20 Å². The molecule has 0 saturated heterocycles. The lowest BCUT2D eigenvalue weighted by Crippen LogP contribution is -1.97. The van der Waals surface area contributed by atoms with Gasteiger partial charge in [0, 0.05) is 22.7 Å². The Morgan fingerprint density at radius 3 is 2.61 bits per heavy atom. The third-order valence-corrected chi connectivity index (χ3v) is 3.34. The predicted molar refractivity (Wildman–Crippen MR) is 89.3 cm³/mol. The number of hydrogen-bond donors (Lipinski definition) is 1. The zero-order valence-corrected chi connectivity index (χ0v) is 14.2. The number of ether oxygens (including phenoxy) is 1. The number of hydrogen-bond acceptors (Lipinski definition) is 3. The van der Waals surface area contributed by atoms with Gasteiger partial charge in [-0.05, 0) is 25.0 Å². The molecule has 3 aromatic rings. The maximum absolute atomic E-state index is 14.0. The van der Waals surface area contributed by atoms with E-state index in [1.165, 1.54) is 6.07 Å². The SMILES string of the molecule is CC.Cc1cnc(COc2cc3[nH]c(C(C)C)cc3cc2F)o1. The summed E-state index contributed by atoms with van der Waals surface area (Å²) in [7, 11) is 0. The highest BCUT2D eigenvalue weighted by Gasteiger charge is 2.11. The van der Waals surface area contributed by atoms with Gasteiger partial charge in [0.15, 0.2) is 18.2 Å². The van der Waals surface area contributed by atoms with E-state index in [0.717, 1.165) is 16.6 Å². The normalized spacial score (nSPS) is 10.7. The third kappa shape index (κ3) is 3.92. The summed E-state index contributed by atoms with van der Waals surface area (Å²) < 4.78 is 24.8. The molecule has 0 amide bonds. The molecule has 2 aromatic heterocycles. The Morgan fingerprint density at radius 2 is 2.00 bits per heavy atom. The van der Waals surface area contributed by atoms with E-state index in [9.17, 15) is 4.39 Å². The van der Waals surface area contributed by atoms with Gasteiger partial charge in [0.1, 0.15) is 5.76 Å². The van der Waals surface area contributed by atoms with Gasteiger partial charge >= 0.3 is 0 Å². The number of benzene rings is 1. The second kappa shape index (κ2) is 7.31. The summed E-state index contributed by atoms with van der Waals surface area (Å²) in [4.78, 5) is 7.31. The second-order valence-electron chi connectivity index (χ2n) is 5.40. The van der Waals surface area contributed by atoms with Crippen molar-refractivity contribution >= 4 is 10.9 Å². The second-order valence-corrected chi connectivity index (χ2v) is 5.40. The highest BCUT2D eigenvalue weighted by molar-refractivity contribution is 5.82. The third-order valence-electron chi connectivity index (χ3n) is 3.34. The predicted octanol–water partition coefficient (Wildman–Crippen LogP) is 5.33. The fourth-order valence-electron chi connectivity index (χ4n) is 2.18. The minimum Gasteiger partial charge on any atom is -0.481 e. The Balaban J connectivity index is 0.000000924. The molecule has 0 atom stereocenters. The van der Waals surface area contributed by atoms with Crippen LogP contribution in [0.5, 0.6) is 5.75 Å². The monoisotopic (exact) mass is 318 g/mol. The van der Waals surface area contributed by atoms with E-state index in [1.54, 1.807) is 19.2 Å². The summed E-state index contributed by atoms with van der Waals surface area (Å²) in [5.41, 5.74) is 1.93. The van der Waals surface area contributed by atoms with Crippen LogP contribution >= 0.6 is 0 Å². The largest absolute Gasteiger partial charge is 0.481 e. The van der Waals surface area contributed by atoms with E-state index in [1.807, 2.05) is 19.9 Å². The van der Waals surface area contributed by atoms with Crippen molar-refractivity contribution in [1.82, 2.24) is 9.97 Å². The smallest absolute Gasteiger partial charge is 0.232 e. The Labute approximate surface area is 135 Å². The van der Waals surface area contributed by atoms with Gasteiger partial charge in [-0.25, -0.2) is 9.37 Å². The van der Waals surface area contributed by atoms with Crippen molar-refractivity contribution in [3.8, 4) is 5.75 Å². The van der Waals surface area contributed by atoms with E-state index in [-0.39, 0.29) is 18.2 Å². The molecule has 0 radical (unpaired) electrons. The summed E-state index contributed by atoms with van der Waals surface area (Å²) >= 11 is 0. The topological polar surface area (TPSA) is 51.0 Å². The molecule has 3 rings (SSSR count). The van der Waals surface area contributed by atoms with Crippen LogP contribution in [0.3, 0.4) is 0 Å². The molecule has 5 heteroatoms. The van der Waals surface area contributed by atoms with Crippen molar-refractivity contribution in [3.63, 3.8) is 0 Å². The van der Waals surface area contributed by atoms with Crippen molar-refractivity contribution in [2.24, 2.45) is 0 Å². The summed E-state index contributed by atoms with van der Waals surface area (Å²) in [6, 6.07) is 5.12. The number of aromatic nitrogens is 2. The van der Waals surface area contributed by atoms with Gasteiger partial charge < -0.3 is 14.1 Å².